The Hall–Kier alpha value is -2.35. The van der Waals surface area contributed by atoms with Gasteiger partial charge >= 0.3 is 0 Å². The van der Waals surface area contributed by atoms with Gasteiger partial charge in [-0.1, -0.05) is 11.4 Å². The molecule has 2 heterocycles. The van der Waals surface area contributed by atoms with Crippen LogP contribution >= 0.6 is 11.5 Å². The number of carbonyl (C=O) groups is 1. The van der Waals surface area contributed by atoms with Gasteiger partial charge in [0.05, 0.1) is 19.9 Å². The van der Waals surface area contributed by atoms with Crippen molar-refractivity contribution in [1.82, 2.24) is 14.5 Å². The first-order valence-electron chi connectivity index (χ1n) is 8.75. The van der Waals surface area contributed by atoms with E-state index in [4.69, 9.17) is 9.47 Å². The molecule has 0 unspecified atom stereocenters. The molecule has 0 aliphatic carbocycles. The van der Waals surface area contributed by atoms with Crippen molar-refractivity contribution in [3.05, 3.63) is 28.8 Å². The van der Waals surface area contributed by atoms with Crippen molar-refractivity contribution in [3.63, 3.8) is 0 Å². The van der Waals surface area contributed by atoms with Crippen molar-refractivity contribution in [2.45, 2.75) is 32.2 Å². The van der Waals surface area contributed by atoms with Gasteiger partial charge in [0.15, 0.2) is 11.5 Å². The number of likely N-dealkylation sites (tertiary alicyclic amines) is 1. The fourth-order valence-electron chi connectivity index (χ4n) is 3.19. The van der Waals surface area contributed by atoms with Crippen molar-refractivity contribution in [3.8, 4) is 11.5 Å². The lowest BCUT2D eigenvalue weighted by Crippen LogP contribution is -2.45. The van der Waals surface area contributed by atoms with Crippen LogP contribution in [0.5, 0.6) is 11.5 Å². The van der Waals surface area contributed by atoms with Crippen LogP contribution in [0.25, 0.3) is 0 Å². The zero-order valence-electron chi connectivity index (χ0n) is 15.3. The molecule has 0 radical (unpaired) electrons. The van der Waals surface area contributed by atoms with E-state index in [1.54, 1.807) is 14.2 Å². The summed E-state index contributed by atoms with van der Waals surface area (Å²) in [6.45, 7) is 3.42. The summed E-state index contributed by atoms with van der Waals surface area (Å²) in [7, 11) is 3.24. The predicted octanol–water partition coefficient (Wildman–Crippen LogP) is 2.83. The summed E-state index contributed by atoms with van der Waals surface area (Å²) in [5, 5.41) is 7.56. The van der Waals surface area contributed by atoms with Crippen molar-refractivity contribution < 1.29 is 14.3 Å². The van der Waals surface area contributed by atoms with Crippen LogP contribution in [0.15, 0.2) is 18.2 Å². The maximum absolute atomic E-state index is 12.8. The number of anilines is 1. The summed E-state index contributed by atoms with van der Waals surface area (Å²) >= 11 is 1.19. The molecular formula is C18H24N4O3S. The molecule has 140 valence electrons. The van der Waals surface area contributed by atoms with E-state index in [1.807, 2.05) is 30.0 Å². The molecule has 1 aliphatic rings. The molecule has 8 heteroatoms. The number of aromatic nitrogens is 2. The van der Waals surface area contributed by atoms with Crippen LogP contribution in [0, 0.1) is 0 Å². The van der Waals surface area contributed by atoms with E-state index in [0.717, 1.165) is 37.2 Å². The van der Waals surface area contributed by atoms with Gasteiger partial charge in [-0.05, 0) is 42.9 Å². The number of hydrogen-bond donors (Lipinski definition) is 1. The Morgan fingerprint density at radius 3 is 2.88 bits per heavy atom. The summed E-state index contributed by atoms with van der Waals surface area (Å²) in [6, 6.07) is 5.95. The highest BCUT2D eigenvalue weighted by Crippen LogP contribution is 2.30. The van der Waals surface area contributed by atoms with E-state index in [2.05, 4.69) is 14.9 Å². The Labute approximate surface area is 157 Å². The standard InChI is InChI=1S/C18H24N4O3S/c1-4-14-17(26-21-20-14)18(23)22-9-5-6-13(11-22)19-12-7-8-15(24-2)16(10-12)25-3/h7-8,10,13,19H,4-6,9,11H2,1-3H3/t13-/m0/s1. The minimum absolute atomic E-state index is 0.0376. The molecule has 1 aliphatic heterocycles. The molecule has 1 amide bonds. The molecular weight excluding hydrogens is 352 g/mol. The molecule has 1 N–H and O–H groups in total. The number of carbonyl (C=O) groups excluding carboxylic acids is 1. The monoisotopic (exact) mass is 376 g/mol. The van der Waals surface area contributed by atoms with Crippen molar-refractivity contribution in [2.24, 2.45) is 0 Å². The van der Waals surface area contributed by atoms with Gasteiger partial charge < -0.3 is 19.7 Å². The van der Waals surface area contributed by atoms with Crippen LogP contribution in [0.2, 0.25) is 0 Å². The SMILES string of the molecule is CCc1nnsc1C(=O)N1CCC[C@H](Nc2ccc(OC)c(OC)c2)C1. The average molecular weight is 376 g/mol. The number of nitrogens with zero attached hydrogens (tertiary/aromatic N) is 3. The minimum atomic E-state index is 0.0376. The van der Waals surface area contributed by atoms with Gasteiger partial charge in [-0.2, -0.15) is 0 Å². The third-order valence-corrected chi connectivity index (χ3v) is 5.30. The minimum Gasteiger partial charge on any atom is -0.493 e. The van der Waals surface area contributed by atoms with E-state index in [0.29, 0.717) is 22.9 Å². The molecule has 0 saturated carbocycles. The zero-order chi connectivity index (χ0) is 18.5. The van der Waals surface area contributed by atoms with E-state index >= 15 is 0 Å². The molecule has 2 aromatic rings. The number of ether oxygens (including phenoxy) is 2. The fraction of sp³-hybridized carbons (Fsp3) is 0.500. The normalized spacial score (nSPS) is 17.0. The summed E-state index contributed by atoms with van der Waals surface area (Å²) in [5.41, 5.74) is 1.74. The van der Waals surface area contributed by atoms with E-state index in [-0.39, 0.29) is 11.9 Å². The van der Waals surface area contributed by atoms with Gasteiger partial charge in [-0.25, -0.2) is 0 Å². The number of methoxy groups -OCH3 is 2. The Kier molecular flexibility index (Phi) is 5.92. The van der Waals surface area contributed by atoms with Crippen LogP contribution in [0.3, 0.4) is 0 Å². The van der Waals surface area contributed by atoms with Crippen LogP contribution < -0.4 is 14.8 Å². The van der Waals surface area contributed by atoms with Crippen molar-refractivity contribution >= 4 is 23.1 Å². The van der Waals surface area contributed by atoms with Crippen LogP contribution in [-0.2, 0) is 6.42 Å². The lowest BCUT2D eigenvalue weighted by Gasteiger charge is -2.33. The van der Waals surface area contributed by atoms with Crippen LogP contribution in [0.4, 0.5) is 5.69 Å². The average Bonchev–Trinajstić information content (AvgIpc) is 3.16. The number of hydrogen-bond acceptors (Lipinski definition) is 7. The van der Waals surface area contributed by atoms with Crippen molar-refractivity contribution in [2.75, 3.05) is 32.6 Å². The quantitative estimate of drug-likeness (QED) is 0.835. The van der Waals surface area contributed by atoms with Gasteiger partial charge in [0.1, 0.15) is 4.88 Å². The summed E-state index contributed by atoms with van der Waals surface area (Å²) in [6.07, 6.45) is 2.70. The summed E-state index contributed by atoms with van der Waals surface area (Å²) in [4.78, 5) is 15.4. The Morgan fingerprint density at radius 2 is 2.15 bits per heavy atom. The number of nitrogens with one attached hydrogen (secondary N) is 1. The van der Waals surface area contributed by atoms with Crippen LogP contribution in [-0.4, -0.2) is 53.7 Å². The molecule has 3 rings (SSSR count). The Balaban J connectivity index is 1.68. The smallest absolute Gasteiger partial charge is 0.267 e. The largest absolute Gasteiger partial charge is 0.493 e. The molecule has 1 aromatic heterocycles. The molecule has 1 aromatic carbocycles. The van der Waals surface area contributed by atoms with Gasteiger partial charge in [0.25, 0.3) is 5.91 Å². The molecule has 26 heavy (non-hydrogen) atoms. The second kappa shape index (κ2) is 8.35. The molecule has 1 atom stereocenters. The highest BCUT2D eigenvalue weighted by atomic mass is 32.1. The van der Waals surface area contributed by atoms with Gasteiger partial charge in [-0.15, -0.1) is 5.10 Å². The van der Waals surface area contributed by atoms with Gasteiger partial charge in [-0.3, -0.25) is 4.79 Å². The second-order valence-electron chi connectivity index (χ2n) is 6.21. The van der Waals surface area contributed by atoms with E-state index in [1.165, 1.54) is 11.5 Å². The second-order valence-corrected chi connectivity index (χ2v) is 6.96. The first-order valence-corrected chi connectivity index (χ1v) is 9.52. The molecule has 0 bridgehead atoms. The molecule has 0 spiro atoms. The number of piperidine rings is 1. The lowest BCUT2D eigenvalue weighted by molar-refractivity contribution is 0.0718. The maximum atomic E-state index is 12.8. The highest BCUT2D eigenvalue weighted by Gasteiger charge is 2.27. The topological polar surface area (TPSA) is 76.6 Å². The summed E-state index contributed by atoms with van der Waals surface area (Å²) in [5.74, 6) is 1.42. The molecule has 1 fully saturated rings. The number of aryl methyl sites for hydroxylation is 1. The van der Waals surface area contributed by atoms with Gasteiger partial charge in [0, 0.05) is 30.9 Å². The van der Waals surface area contributed by atoms with Crippen LogP contribution in [0.1, 0.15) is 35.1 Å². The van der Waals surface area contributed by atoms with E-state index < -0.39 is 0 Å². The lowest BCUT2D eigenvalue weighted by atomic mass is 10.0. The third kappa shape index (κ3) is 3.90. The fourth-order valence-corrected chi connectivity index (χ4v) is 3.91. The number of amides is 1. The highest BCUT2D eigenvalue weighted by molar-refractivity contribution is 7.08. The molecule has 1 saturated heterocycles. The Morgan fingerprint density at radius 1 is 1.35 bits per heavy atom. The third-order valence-electron chi connectivity index (χ3n) is 4.55. The number of rotatable bonds is 6. The maximum Gasteiger partial charge on any atom is 0.267 e. The van der Waals surface area contributed by atoms with E-state index in [9.17, 15) is 4.79 Å². The van der Waals surface area contributed by atoms with Gasteiger partial charge in [0.2, 0.25) is 0 Å². The zero-order valence-corrected chi connectivity index (χ0v) is 16.1. The Bertz CT molecular complexity index is 765. The first kappa shape index (κ1) is 18.4. The number of benzene rings is 1. The van der Waals surface area contributed by atoms with Crippen molar-refractivity contribution in [1.29, 1.82) is 0 Å². The molecule has 7 nitrogen and oxygen atoms in total. The predicted molar refractivity (Wildman–Crippen MR) is 101 cm³/mol. The first-order chi connectivity index (χ1) is 12.7. The summed E-state index contributed by atoms with van der Waals surface area (Å²) < 4.78 is 14.6.